The Hall–Kier alpha value is 1.14. The van der Waals surface area contributed by atoms with Crippen molar-refractivity contribution in [2.75, 3.05) is 6.61 Å². The molecule has 18 heavy (non-hydrogen) atoms. The number of phosphoric acid groups is 1. The minimum Gasteiger partial charge on any atom is -0.870 e. The number of esters is 1. The summed E-state index contributed by atoms with van der Waals surface area (Å²) in [5.41, 5.74) is 0. The second-order valence-electron chi connectivity index (χ2n) is 2.81. The van der Waals surface area contributed by atoms with Gasteiger partial charge in [-0.25, -0.2) is 4.79 Å². The van der Waals surface area contributed by atoms with E-state index in [0.29, 0.717) is 0 Å². The van der Waals surface area contributed by atoms with Crippen LogP contribution in [-0.2, 0) is 18.6 Å². The fourth-order valence-electron chi connectivity index (χ4n) is 0.995. The molecule has 0 aliphatic carbocycles. The number of carbonyl (C=O) groups is 1. The Morgan fingerprint density at radius 1 is 1.50 bits per heavy atom. The third-order valence-electron chi connectivity index (χ3n) is 1.64. The van der Waals surface area contributed by atoms with Crippen LogP contribution in [0, 0.1) is 0 Å². The van der Waals surface area contributed by atoms with Crippen LogP contribution in [0.1, 0.15) is 0 Å². The molecule has 0 unspecified atom stereocenters. The van der Waals surface area contributed by atoms with E-state index in [2.05, 4.69) is 9.26 Å². The van der Waals surface area contributed by atoms with Gasteiger partial charge < -0.3 is 38.9 Å². The molecule has 0 radical (unpaired) electrons. The Labute approximate surface area is 153 Å². The number of carbonyl (C=O) groups excluding carboxylic acids is 1. The Balaban J connectivity index is 0. The Kier molecular flexibility index (Phi) is 10.0. The van der Waals surface area contributed by atoms with Crippen molar-refractivity contribution in [3.63, 3.8) is 0 Å². The summed E-state index contributed by atoms with van der Waals surface area (Å²) in [6, 6.07) is 0. The molecule has 0 aromatic heterocycles. The predicted octanol–water partition coefficient (Wildman–Crippen LogP) is -7.69. The van der Waals surface area contributed by atoms with Crippen LogP contribution in [0.25, 0.3) is 0 Å². The van der Waals surface area contributed by atoms with Gasteiger partial charge in [0, 0.05) is 0 Å². The second-order valence-corrected chi connectivity index (χ2v) is 3.88. The number of phosphoric ester groups is 1. The van der Waals surface area contributed by atoms with Crippen LogP contribution < -0.4 is 44.5 Å². The van der Waals surface area contributed by atoms with Crippen LogP contribution in [-0.4, -0.2) is 72.7 Å². The summed E-state index contributed by atoms with van der Waals surface area (Å²) < 4.78 is 18.0. The molecule has 1 heterocycles. The topological polar surface area (TPSA) is 162 Å². The van der Waals surface area contributed by atoms with Gasteiger partial charge in [-0.05, 0) is 5.76 Å². The molecule has 92 valence electrons. The maximum Gasteiger partial charge on any atom is 2.00 e. The second kappa shape index (κ2) is 8.43. The van der Waals surface area contributed by atoms with E-state index in [4.69, 9.17) is 10.2 Å². The van der Waals surface area contributed by atoms with Crippen molar-refractivity contribution in [1.29, 1.82) is 0 Å². The monoisotopic (exact) mass is 316 g/mol. The zero-order valence-electron chi connectivity index (χ0n) is 9.27. The molecule has 0 fully saturated rings. The molecule has 1 aliphatic rings. The van der Waals surface area contributed by atoms with Crippen molar-refractivity contribution in [3.8, 4) is 0 Å². The van der Waals surface area contributed by atoms with Gasteiger partial charge in [-0.15, -0.1) is 0 Å². The van der Waals surface area contributed by atoms with E-state index in [1.54, 1.807) is 0 Å². The molecule has 1 aliphatic heterocycles. The van der Waals surface area contributed by atoms with Gasteiger partial charge in [0.2, 0.25) is 5.76 Å². The summed E-state index contributed by atoms with van der Waals surface area (Å²) in [6.45, 7) is -0.886. The first-order chi connectivity index (χ1) is 7.26. The van der Waals surface area contributed by atoms with Crippen LogP contribution in [0.4, 0.5) is 0 Å². The largest absolute Gasteiger partial charge is 2.00 e. The van der Waals surface area contributed by atoms with E-state index < -0.39 is 44.1 Å². The van der Waals surface area contributed by atoms with Crippen LogP contribution in [0.5, 0.6) is 0 Å². The molecule has 0 aromatic carbocycles. The summed E-state index contributed by atoms with van der Waals surface area (Å²) in [4.78, 5) is 31.3. The molecule has 2 N–H and O–H groups in total. The van der Waals surface area contributed by atoms with Crippen molar-refractivity contribution in [3.05, 3.63) is 11.5 Å². The quantitative estimate of drug-likeness (QED) is 0.291. The molecule has 0 bridgehead atoms. The van der Waals surface area contributed by atoms with Gasteiger partial charge in [-0.2, -0.15) is 0 Å². The molecule has 0 aromatic rings. The first-order valence-corrected chi connectivity index (χ1v) is 5.35. The van der Waals surface area contributed by atoms with E-state index >= 15 is 0 Å². The molecule has 0 spiro atoms. The van der Waals surface area contributed by atoms with E-state index in [0.717, 1.165) is 0 Å². The molecule has 12 heteroatoms. The zero-order valence-corrected chi connectivity index (χ0v) is 14.4. The fourth-order valence-corrected chi connectivity index (χ4v) is 1.38. The summed E-state index contributed by atoms with van der Waals surface area (Å²) in [5, 5.41) is 28.7. The SMILES string of the molecule is O=C1O[C@H]([C@@H](O)CO)C([O-])=C1OP(=O)([O-])[O-].[Ca+2].[Na+]. The maximum absolute atomic E-state index is 11.2. The van der Waals surface area contributed by atoms with E-state index in [9.17, 15) is 24.3 Å². The average molecular weight is 316 g/mol. The number of rotatable bonds is 4. The first-order valence-electron chi connectivity index (χ1n) is 3.89. The third kappa shape index (κ3) is 5.64. The summed E-state index contributed by atoms with van der Waals surface area (Å²) in [6.07, 6.45) is -3.48. The third-order valence-corrected chi connectivity index (χ3v) is 2.05. The van der Waals surface area contributed by atoms with Crippen molar-refractivity contribution in [1.82, 2.24) is 0 Å². The normalized spacial score (nSPS) is 20.7. The van der Waals surface area contributed by atoms with Gasteiger partial charge in [-0.3, -0.25) is 0 Å². The minimum atomic E-state index is -5.56. The van der Waals surface area contributed by atoms with Gasteiger partial charge in [0.05, 0.1) is 6.61 Å². The standard InChI is InChI=1S/C6H9O9P.Ca.Na/c7-1-2(8)4-3(9)5(6(10)14-4)15-16(11,12)13;;/h2,4,7-9H,1H2,(H2,11,12,13);;/q;+2;+1/p-3/t2-,4+;;/m0../s1. The van der Waals surface area contributed by atoms with E-state index in [1.165, 1.54) is 0 Å². The predicted molar refractivity (Wildman–Crippen MR) is 44.4 cm³/mol. The van der Waals surface area contributed by atoms with Crippen LogP contribution in [0.2, 0.25) is 0 Å². The maximum atomic E-state index is 11.2. The van der Waals surface area contributed by atoms with Crippen LogP contribution >= 0.6 is 7.82 Å². The van der Waals surface area contributed by atoms with E-state index in [-0.39, 0.29) is 67.3 Å². The van der Waals surface area contributed by atoms with Crippen LogP contribution in [0.15, 0.2) is 11.5 Å². The molecule has 0 amide bonds. The van der Waals surface area contributed by atoms with Gasteiger partial charge in [0.25, 0.3) is 0 Å². The molecular formula is C6H6CaNaO9P. The van der Waals surface area contributed by atoms with E-state index in [1.807, 2.05) is 0 Å². The van der Waals surface area contributed by atoms with Crippen molar-refractivity contribution in [2.24, 2.45) is 0 Å². The van der Waals surface area contributed by atoms with Gasteiger partial charge in [-0.1, -0.05) is 0 Å². The molecular weight excluding hydrogens is 310 g/mol. The van der Waals surface area contributed by atoms with Gasteiger partial charge in [0.1, 0.15) is 20.0 Å². The molecule has 0 saturated carbocycles. The van der Waals surface area contributed by atoms with Gasteiger partial charge in [0.15, 0.2) is 0 Å². The number of hydrogen-bond acceptors (Lipinski definition) is 9. The minimum absolute atomic E-state index is 0. The van der Waals surface area contributed by atoms with Crippen molar-refractivity contribution in [2.45, 2.75) is 12.2 Å². The Morgan fingerprint density at radius 2 is 2.00 bits per heavy atom. The number of hydrogen-bond donors (Lipinski definition) is 2. The summed E-state index contributed by atoms with van der Waals surface area (Å²) >= 11 is 0. The number of ether oxygens (including phenoxy) is 1. The van der Waals surface area contributed by atoms with Crippen molar-refractivity contribution < 1.29 is 73.3 Å². The summed E-state index contributed by atoms with van der Waals surface area (Å²) in [5.74, 6) is -4.10. The number of cyclic esters (lactones) is 1. The smallest absolute Gasteiger partial charge is 0.870 e. The summed E-state index contributed by atoms with van der Waals surface area (Å²) in [7, 11) is -5.56. The Morgan fingerprint density at radius 3 is 2.39 bits per heavy atom. The molecule has 0 saturated heterocycles. The fraction of sp³-hybridized carbons (Fsp3) is 0.500. The van der Waals surface area contributed by atoms with Crippen molar-refractivity contribution >= 4 is 51.5 Å². The molecule has 9 nitrogen and oxygen atoms in total. The number of aliphatic hydroxyl groups excluding tert-OH is 2. The number of aliphatic hydroxyl groups is 2. The van der Waals surface area contributed by atoms with Crippen LogP contribution in [0.3, 0.4) is 0 Å². The first kappa shape index (κ1) is 21.4. The molecule has 1 rings (SSSR count). The zero-order chi connectivity index (χ0) is 12.5. The molecule has 2 atom stereocenters. The van der Waals surface area contributed by atoms with Gasteiger partial charge >= 0.3 is 73.3 Å². The Bertz CT molecular complexity index is 379. The average Bonchev–Trinajstić information content (AvgIpc) is 2.42.